The highest BCUT2D eigenvalue weighted by Crippen LogP contribution is 2.32. The smallest absolute Gasteiger partial charge is 0.243 e. The van der Waals surface area contributed by atoms with Crippen molar-refractivity contribution in [1.29, 1.82) is 0 Å². The average Bonchev–Trinajstić information content (AvgIpc) is 2.62. The number of methoxy groups -OCH3 is 1. The maximum atomic E-state index is 13.0. The summed E-state index contributed by atoms with van der Waals surface area (Å²) in [7, 11) is -2.03. The number of morpholine rings is 1. The highest BCUT2D eigenvalue weighted by molar-refractivity contribution is 7.89. The van der Waals surface area contributed by atoms with Gasteiger partial charge >= 0.3 is 0 Å². The zero-order chi connectivity index (χ0) is 17.2. The van der Waals surface area contributed by atoms with Gasteiger partial charge in [0.15, 0.2) is 0 Å². The second-order valence-corrected chi connectivity index (χ2v) is 7.62. The largest absolute Gasteiger partial charge is 0.497 e. The van der Waals surface area contributed by atoms with Crippen molar-refractivity contribution >= 4 is 10.0 Å². The fourth-order valence-corrected chi connectivity index (χ4v) is 4.62. The first-order valence-corrected chi connectivity index (χ1v) is 9.30. The topological polar surface area (TPSA) is 55.8 Å². The van der Waals surface area contributed by atoms with Crippen LogP contribution in [0.5, 0.6) is 5.75 Å². The summed E-state index contributed by atoms with van der Waals surface area (Å²) in [6.45, 7) is 2.61. The van der Waals surface area contributed by atoms with Gasteiger partial charge in [-0.2, -0.15) is 4.31 Å². The second kappa shape index (κ2) is 6.93. The lowest BCUT2D eigenvalue weighted by Crippen LogP contribution is -2.48. The second-order valence-electron chi connectivity index (χ2n) is 5.73. The van der Waals surface area contributed by atoms with Crippen LogP contribution in [-0.2, 0) is 14.8 Å². The van der Waals surface area contributed by atoms with E-state index in [9.17, 15) is 8.42 Å². The van der Waals surface area contributed by atoms with Crippen molar-refractivity contribution in [2.24, 2.45) is 0 Å². The lowest BCUT2D eigenvalue weighted by molar-refractivity contribution is -0.0361. The number of rotatable bonds is 4. The SMILES string of the molecule is COc1ccc(S(=O)(=O)N2CCOC(c3ccccc3)C2C)cc1. The molecule has 6 heteroatoms. The van der Waals surface area contributed by atoms with E-state index in [4.69, 9.17) is 9.47 Å². The maximum absolute atomic E-state index is 13.0. The van der Waals surface area contributed by atoms with Crippen molar-refractivity contribution in [2.75, 3.05) is 20.3 Å². The molecule has 1 aliphatic rings. The van der Waals surface area contributed by atoms with Crippen LogP contribution < -0.4 is 4.74 Å². The Balaban J connectivity index is 1.89. The first-order chi connectivity index (χ1) is 11.5. The van der Waals surface area contributed by atoms with Gasteiger partial charge in [0.1, 0.15) is 5.75 Å². The minimum atomic E-state index is -3.58. The van der Waals surface area contributed by atoms with E-state index in [0.717, 1.165) is 5.56 Å². The molecule has 2 unspecified atom stereocenters. The Labute approximate surface area is 142 Å². The summed E-state index contributed by atoms with van der Waals surface area (Å²) in [6.07, 6.45) is -0.270. The molecule has 1 heterocycles. The van der Waals surface area contributed by atoms with Crippen LogP contribution in [0.2, 0.25) is 0 Å². The van der Waals surface area contributed by atoms with E-state index in [1.165, 1.54) is 4.31 Å². The molecule has 0 N–H and O–H groups in total. The predicted molar refractivity (Wildman–Crippen MR) is 91.5 cm³/mol. The van der Waals surface area contributed by atoms with Crippen molar-refractivity contribution in [3.8, 4) is 5.75 Å². The average molecular weight is 347 g/mol. The number of nitrogens with zero attached hydrogens (tertiary/aromatic N) is 1. The van der Waals surface area contributed by atoms with E-state index in [-0.39, 0.29) is 17.0 Å². The predicted octanol–water partition coefficient (Wildman–Crippen LogP) is 2.85. The third-order valence-electron chi connectivity index (χ3n) is 4.30. The third-order valence-corrected chi connectivity index (χ3v) is 6.30. The van der Waals surface area contributed by atoms with Crippen LogP contribution in [0.1, 0.15) is 18.6 Å². The number of benzene rings is 2. The minimum absolute atomic E-state index is 0.267. The molecule has 0 radical (unpaired) electrons. The zero-order valence-electron chi connectivity index (χ0n) is 13.8. The van der Waals surface area contributed by atoms with Gasteiger partial charge in [0.05, 0.1) is 30.8 Å². The van der Waals surface area contributed by atoms with E-state index in [1.54, 1.807) is 31.4 Å². The Morgan fingerprint density at radius 1 is 1.08 bits per heavy atom. The molecule has 2 aromatic carbocycles. The van der Waals surface area contributed by atoms with E-state index >= 15 is 0 Å². The van der Waals surface area contributed by atoms with Gasteiger partial charge in [-0.1, -0.05) is 30.3 Å². The Kier molecular flexibility index (Phi) is 4.89. The van der Waals surface area contributed by atoms with E-state index < -0.39 is 10.0 Å². The van der Waals surface area contributed by atoms with Crippen molar-refractivity contribution in [3.63, 3.8) is 0 Å². The molecule has 1 aliphatic heterocycles. The first-order valence-electron chi connectivity index (χ1n) is 7.86. The molecule has 0 amide bonds. The Bertz CT molecular complexity index is 774. The van der Waals surface area contributed by atoms with Crippen molar-refractivity contribution in [1.82, 2.24) is 4.31 Å². The summed E-state index contributed by atoms with van der Waals surface area (Å²) in [5.41, 5.74) is 0.986. The van der Waals surface area contributed by atoms with Crippen LogP contribution in [0.15, 0.2) is 59.5 Å². The van der Waals surface area contributed by atoms with Crippen LogP contribution in [0, 0.1) is 0 Å². The monoisotopic (exact) mass is 347 g/mol. The Hall–Kier alpha value is -1.89. The summed E-state index contributed by atoms with van der Waals surface area (Å²) in [5, 5.41) is 0. The van der Waals surface area contributed by atoms with Gasteiger partial charge in [0.25, 0.3) is 0 Å². The Morgan fingerprint density at radius 2 is 1.75 bits per heavy atom. The molecule has 0 bridgehead atoms. The van der Waals surface area contributed by atoms with Crippen LogP contribution >= 0.6 is 0 Å². The van der Waals surface area contributed by atoms with Crippen molar-refractivity contribution in [2.45, 2.75) is 24.0 Å². The van der Waals surface area contributed by atoms with Crippen LogP contribution in [-0.4, -0.2) is 39.0 Å². The molecule has 1 saturated heterocycles. The summed E-state index contributed by atoms with van der Waals surface area (Å²) < 4.78 is 38.5. The van der Waals surface area contributed by atoms with Crippen LogP contribution in [0.25, 0.3) is 0 Å². The molecule has 0 spiro atoms. The number of sulfonamides is 1. The zero-order valence-corrected chi connectivity index (χ0v) is 14.6. The molecule has 1 fully saturated rings. The molecule has 2 aromatic rings. The number of hydrogen-bond acceptors (Lipinski definition) is 4. The van der Waals surface area contributed by atoms with Gasteiger partial charge in [-0.15, -0.1) is 0 Å². The molecule has 5 nitrogen and oxygen atoms in total. The van der Waals surface area contributed by atoms with E-state index in [0.29, 0.717) is 18.9 Å². The van der Waals surface area contributed by atoms with Crippen molar-refractivity contribution in [3.05, 3.63) is 60.2 Å². The molecular formula is C18H21NO4S. The molecule has 0 aromatic heterocycles. The summed E-state index contributed by atoms with van der Waals surface area (Å²) in [5.74, 6) is 0.631. The van der Waals surface area contributed by atoms with E-state index in [1.807, 2.05) is 37.3 Å². The van der Waals surface area contributed by atoms with Gasteiger partial charge in [-0.25, -0.2) is 8.42 Å². The number of hydrogen-bond donors (Lipinski definition) is 0. The fraction of sp³-hybridized carbons (Fsp3) is 0.333. The molecule has 2 atom stereocenters. The molecule has 0 saturated carbocycles. The van der Waals surface area contributed by atoms with Gasteiger partial charge in [-0.3, -0.25) is 0 Å². The molecule has 128 valence electrons. The van der Waals surface area contributed by atoms with Gasteiger partial charge in [0.2, 0.25) is 10.0 Å². The van der Waals surface area contributed by atoms with E-state index in [2.05, 4.69) is 0 Å². The highest BCUT2D eigenvalue weighted by atomic mass is 32.2. The maximum Gasteiger partial charge on any atom is 0.243 e. The normalized spacial score (nSPS) is 22.2. The molecule has 3 rings (SSSR count). The summed E-state index contributed by atoms with van der Waals surface area (Å²) in [6, 6.07) is 15.9. The molecule has 24 heavy (non-hydrogen) atoms. The summed E-state index contributed by atoms with van der Waals surface area (Å²) in [4.78, 5) is 0.267. The fourth-order valence-electron chi connectivity index (χ4n) is 3.00. The highest BCUT2D eigenvalue weighted by Gasteiger charge is 2.37. The number of ether oxygens (including phenoxy) is 2. The first kappa shape index (κ1) is 17.0. The third kappa shape index (κ3) is 3.17. The minimum Gasteiger partial charge on any atom is -0.497 e. The van der Waals surface area contributed by atoms with Gasteiger partial charge in [0, 0.05) is 6.54 Å². The molecular weight excluding hydrogens is 326 g/mol. The molecule has 0 aliphatic carbocycles. The van der Waals surface area contributed by atoms with Gasteiger partial charge in [-0.05, 0) is 36.8 Å². The quantitative estimate of drug-likeness (QED) is 0.853. The van der Waals surface area contributed by atoms with Crippen LogP contribution in [0.4, 0.5) is 0 Å². The van der Waals surface area contributed by atoms with Crippen LogP contribution in [0.3, 0.4) is 0 Å². The van der Waals surface area contributed by atoms with Crippen molar-refractivity contribution < 1.29 is 17.9 Å². The summed E-state index contributed by atoms with van der Waals surface area (Å²) >= 11 is 0. The lowest BCUT2D eigenvalue weighted by Gasteiger charge is -2.38. The standard InChI is InChI=1S/C18H21NO4S/c1-14-18(15-6-4-3-5-7-15)23-13-12-19(14)24(20,21)17-10-8-16(22-2)9-11-17/h3-11,14,18H,12-13H2,1-2H3. The van der Waals surface area contributed by atoms with Gasteiger partial charge < -0.3 is 9.47 Å². The lowest BCUT2D eigenvalue weighted by atomic mass is 10.0. The Morgan fingerprint density at radius 3 is 2.38 bits per heavy atom.